The van der Waals surface area contributed by atoms with Crippen molar-refractivity contribution in [3.8, 4) is 28.7 Å². The fraction of sp³-hybridized carbons (Fsp3) is 0.143. The van der Waals surface area contributed by atoms with Crippen LogP contribution in [0.4, 0.5) is 17.1 Å². The Morgan fingerprint density at radius 1 is 0.636 bits per heavy atom. The Kier molecular flexibility index (Phi) is 5.88. The molecule has 0 amide bonds. The zero-order valence-electron chi connectivity index (χ0n) is 19.1. The molecule has 0 aliphatic heterocycles. The van der Waals surface area contributed by atoms with Crippen LogP contribution in [0, 0.1) is 27.7 Å². The Hall–Kier alpha value is -4.12. The fourth-order valence-electron chi connectivity index (χ4n) is 3.76. The van der Waals surface area contributed by atoms with E-state index in [-0.39, 0.29) is 17.2 Å². The maximum Gasteiger partial charge on any atom is 0.139 e. The number of phenols is 3. The van der Waals surface area contributed by atoms with Crippen molar-refractivity contribution in [2.75, 3.05) is 4.90 Å². The number of hydrogen-bond donors (Lipinski definition) is 3. The minimum Gasteiger partial charge on any atom is -0.508 e. The number of nitrogens with zero attached hydrogens (tertiary/aromatic N) is 1. The zero-order chi connectivity index (χ0) is 23.7. The lowest BCUT2D eigenvalue weighted by Gasteiger charge is -2.27. The average molecular weight is 442 g/mol. The molecule has 5 nitrogen and oxygen atoms in total. The summed E-state index contributed by atoms with van der Waals surface area (Å²) in [6.45, 7) is 7.69. The van der Waals surface area contributed by atoms with Gasteiger partial charge in [0.15, 0.2) is 0 Å². The molecule has 0 atom stereocenters. The first kappa shape index (κ1) is 22.1. The Morgan fingerprint density at radius 2 is 1.18 bits per heavy atom. The summed E-state index contributed by atoms with van der Waals surface area (Å²) < 4.78 is 6.02. The van der Waals surface area contributed by atoms with E-state index in [1.165, 1.54) is 0 Å². The molecule has 4 aromatic carbocycles. The summed E-state index contributed by atoms with van der Waals surface area (Å²) in [5.41, 5.74) is 5.60. The SMILES string of the molecule is Cc1ccc(N(c2ccc(Oc3cc(O)cc(C)c3C)cc2)c2ccc(C)cc2O)c(O)c1. The monoisotopic (exact) mass is 441 g/mol. The predicted octanol–water partition coefficient (Wildman–Crippen LogP) is 7.30. The van der Waals surface area contributed by atoms with E-state index in [0.717, 1.165) is 27.9 Å². The molecule has 0 saturated carbocycles. The number of phenolic OH excluding ortho intramolecular Hbond substituents is 3. The number of benzene rings is 4. The molecule has 0 heterocycles. The highest BCUT2D eigenvalue weighted by molar-refractivity contribution is 5.83. The van der Waals surface area contributed by atoms with E-state index in [4.69, 9.17) is 4.74 Å². The molecular weight excluding hydrogens is 414 g/mol. The van der Waals surface area contributed by atoms with Crippen molar-refractivity contribution in [3.63, 3.8) is 0 Å². The quantitative estimate of drug-likeness (QED) is 0.303. The molecule has 0 radical (unpaired) electrons. The van der Waals surface area contributed by atoms with E-state index < -0.39 is 0 Å². The topological polar surface area (TPSA) is 73.2 Å². The van der Waals surface area contributed by atoms with Crippen LogP contribution in [-0.4, -0.2) is 15.3 Å². The van der Waals surface area contributed by atoms with Crippen LogP contribution in [0.3, 0.4) is 0 Å². The molecule has 168 valence electrons. The minimum atomic E-state index is 0.112. The predicted molar refractivity (Wildman–Crippen MR) is 132 cm³/mol. The maximum atomic E-state index is 10.7. The van der Waals surface area contributed by atoms with Gasteiger partial charge in [0.2, 0.25) is 0 Å². The standard InChI is InChI=1S/C28H27NO4/c1-17-5-11-24(26(31)13-17)29(25-12-6-18(2)14-27(25)32)21-7-9-23(10-8-21)33-28-16-22(30)15-19(3)20(28)4/h5-16,30-32H,1-4H3. The summed E-state index contributed by atoms with van der Waals surface area (Å²) in [5.74, 6) is 1.57. The molecule has 0 unspecified atom stereocenters. The van der Waals surface area contributed by atoms with Gasteiger partial charge in [-0.05, 0) is 105 Å². The molecule has 5 heteroatoms. The van der Waals surface area contributed by atoms with Crippen LogP contribution in [-0.2, 0) is 0 Å². The molecule has 0 bridgehead atoms. The van der Waals surface area contributed by atoms with Gasteiger partial charge in [-0.1, -0.05) is 12.1 Å². The Balaban J connectivity index is 1.75. The molecule has 33 heavy (non-hydrogen) atoms. The van der Waals surface area contributed by atoms with Crippen LogP contribution in [0.25, 0.3) is 0 Å². The third-order valence-electron chi connectivity index (χ3n) is 5.67. The third kappa shape index (κ3) is 4.58. The zero-order valence-corrected chi connectivity index (χ0v) is 19.1. The Bertz CT molecular complexity index is 1260. The highest BCUT2D eigenvalue weighted by Gasteiger charge is 2.19. The van der Waals surface area contributed by atoms with Crippen LogP contribution < -0.4 is 9.64 Å². The first-order chi connectivity index (χ1) is 15.7. The van der Waals surface area contributed by atoms with Gasteiger partial charge in [-0.3, -0.25) is 0 Å². The van der Waals surface area contributed by atoms with E-state index in [1.54, 1.807) is 29.2 Å². The van der Waals surface area contributed by atoms with Crippen molar-refractivity contribution in [1.29, 1.82) is 0 Å². The normalized spacial score (nSPS) is 10.8. The third-order valence-corrected chi connectivity index (χ3v) is 5.67. The maximum absolute atomic E-state index is 10.7. The summed E-state index contributed by atoms with van der Waals surface area (Å²) in [6.07, 6.45) is 0. The van der Waals surface area contributed by atoms with Crippen molar-refractivity contribution in [2.45, 2.75) is 27.7 Å². The molecule has 0 fully saturated rings. The van der Waals surface area contributed by atoms with Crippen LogP contribution in [0.15, 0.2) is 72.8 Å². The Morgan fingerprint density at radius 3 is 1.70 bits per heavy atom. The lowest BCUT2D eigenvalue weighted by atomic mass is 10.1. The summed E-state index contributed by atoms with van der Waals surface area (Å²) in [5, 5.41) is 31.3. The van der Waals surface area contributed by atoms with Gasteiger partial charge in [0.25, 0.3) is 0 Å². The van der Waals surface area contributed by atoms with Gasteiger partial charge in [0.1, 0.15) is 28.7 Å². The highest BCUT2D eigenvalue weighted by atomic mass is 16.5. The second kappa shape index (κ2) is 8.79. The van der Waals surface area contributed by atoms with Crippen molar-refractivity contribution in [2.24, 2.45) is 0 Å². The van der Waals surface area contributed by atoms with Crippen LogP contribution in [0.1, 0.15) is 22.3 Å². The molecule has 3 N–H and O–H groups in total. The summed E-state index contributed by atoms with van der Waals surface area (Å²) >= 11 is 0. The number of aromatic hydroxyl groups is 3. The smallest absolute Gasteiger partial charge is 0.139 e. The molecule has 0 aliphatic rings. The van der Waals surface area contributed by atoms with Crippen molar-refractivity contribution >= 4 is 17.1 Å². The first-order valence-corrected chi connectivity index (χ1v) is 10.7. The number of anilines is 3. The van der Waals surface area contributed by atoms with E-state index >= 15 is 0 Å². The summed E-state index contributed by atoms with van der Waals surface area (Å²) in [4.78, 5) is 1.80. The van der Waals surface area contributed by atoms with Gasteiger partial charge in [0, 0.05) is 11.8 Å². The van der Waals surface area contributed by atoms with Crippen LogP contribution in [0.2, 0.25) is 0 Å². The van der Waals surface area contributed by atoms with Gasteiger partial charge in [-0.15, -0.1) is 0 Å². The lowest BCUT2D eigenvalue weighted by molar-refractivity contribution is 0.452. The van der Waals surface area contributed by atoms with E-state index in [9.17, 15) is 15.3 Å². The molecule has 0 aliphatic carbocycles. The second-order valence-electron chi connectivity index (χ2n) is 8.30. The summed E-state index contributed by atoms with van der Waals surface area (Å²) in [7, 11) is 0. The molecule has 4 aromatic rings. The van der Waals surface area contributed by atoms with Gasteiger partial charge in [0.05, 0.1) is 11.4 Å². The fourth-order valence-corrected chi connectivity index (χ4v) is 3.76. The molecule has 4 rings (SSSR count). The van der Waals surface area contributed by atoms with Crippen molar-refractivity contribution in [3.05, 3.63) is 95.1 Å². The number of aryl methyl sites for hydroxylation is 3. The molecule has 0 aromatic heterocycles. The van der Waals surface area contributed by atoms with E-state index in [2.05, 4.69) is 0 Å². The average Bonchev–Trinajstić information content (AvgIpc) is 2.75. The second-order valence-corrected chi connectivity index (χ2v) is 8.30. The van der Waals surface area contributed by atoms with Gasteiger partial charge >= 0.3 is 0 Å². The summed E-state index contributed by atoms with van der Waals surface area (Å²) in [6, 6.07) is 21.5. The molecule has 0 saturated heterocycles. The van der Waals surface area contributed by atoms with E-state index in [0.29, 0.717) is 22.9 Å². The minimum absolute atomic E-state index is 0.112. The number of hydrogen-bond acceptors (Lipinski definition) is 5. The molecular formula is C28H27NO4. The van der Waals surface area contributed by atoms with Crippen molar-refractivity contribution < 1.29 is 20.1 Å². The number of rotatable bonds is 5. The Labute approximate surface area is 193 Å². The number of ether oxygens (including phenoxy) is 1. The van der Waals surface area contributed by atoms with Crippen LogP contribution >= 0.6 is 0 Å². The van der Waals surface area contributed by atoms with Gasteiger partial charge < -0.3 is 25.0 Å². The highest BCUT2D eigenvalue weighted by Crippen LogP contribution is 2.44. The van der Waals surface area contributed by atoms with E-state index in [1.807, 2.05) is 76.2 Å². The van der Waals surface area contributed by atoms with Crippen molar-refractivity contribution in [1.82, 2.24) is 0 Å². The van der Waals surface area contributed by atoms with Gasteiger partial charge in [-0.25, -0.2) is 0 Å². The molecule has 0 spiro atoms. The van der Waals surface area contributed by atoms with Gasteiger partial charge in [-0.2, -0.15) is 0 Å². The lowest BCUT2D eigenvalue weighted by Crippen LogP contribution is -2.10. The first-order valence-electron chi connectivity index (χ1n) is 10.7. The van der Waals surface area contributed by atoms with Crippen LogP contribution in [0.5, 0.6) is 28.7 Å². The largest absolute Gasteiger partial charge is 0.508 e.